The summed E-state index contributed by atoms with van der Waals surface area (Å²) in [6, 6.07) is 7.86. The SMILES string of the molecule is COc1cccc(CC2CC(O)C(C(=O)O)CN2)c1. The van der Waals surface area contributed by atoms with Crippen LogP contribution in [-0.2, 0) is 11.2 Å². The zero-order valence-corrected chi connectivity index (χ0v) is 10.9. The Kier molecular flexibility index (Phi) is 4.39. The van der Waals surface area contributed by atoms with E-state index in [0.717, 1.165) is 17.7 Å². The number of carboxylic acids is 1. The van der Waals surface area contributed by atoms with Gasteiger partial charge in [0.1, 0.15) is 5.75 Å². The molecule has 1 heterocycles. The second-order valence-electron chi connectivity index (χ2n) is 4.91. The zero-order valence-electron chi connectivity index (χ0n) is 10.9. The topological polar surface area (TPSA) is 78.8 Å². The van der Waals surface area contributed by atoms with Crippen LogP contribution in [0.4, 0.5) is 0 Å². The molecule has 5 heteroatoms. The van der Waals surface area contributed by atoms with Crippen LogP contribution >= 0.6 is 0 Å². The van der Waals surface area contributed by atoms with Crippen molar-refractivity contribution in [2.24, 2.45) is 5.92 Å². The molecule has 1 fully saturated rings. The van der Waals surface area contributed by atoms with Gasteiger partial charge in [-0.25, -0.2) is 0 Å². The van der Waals surface area contributed by atoms with E-state index in [9.17, 15) is 9.90 Å². The molecule has 1 aliphatic heterocycles. The molecule has 0 radical (unpaired) electrons. The van der Waals surface area contributed by atoms with Crippen LogP contribution in [0.2, 0.25) is 0 Å². The Morgan fingerprint density at radius 3 is 2.95 bits per heavy atom. The third kappa shape index (κ3) is 3.45. The number of ether oxygens (including phenoxy) is 1. The fourth-order valence-electron chi connectivity index (χ4n) is 2.46. The van der Waals surface area contributed by atoms with Gasteiger partial charge in [0.15, 0.2) is 0 Å². The fraction of sp³-hybridized carbons (Fsp3) is 0.500. The first-order valence-corrected chi connectivity index (χ1v) is 6.37. The molecule has 0 amide bonds. The van der Waals surface area contributed by atoms with Gasteiger partial charge < -0.3 is 20.3 Å². The van der Waals surface area contributed by atoms with E-state index in [4.69, 9.17) is 9.84 Å². The molecule has 0 saturated carbocycles. The standard InChI is InChI=1S/C14H19NO4/c1-19-11-4-2-3-9(6-11)5-10-7-13(16)12(8-15-10)14(17)18/h2-4,6,10,12-13,15-16H,5,7-8H2,1H3,(H,17,18). The Balaban J connectivity index is 1.95. The van der Waals surface area contributed by atoms with Gasteiger partial charge in [0.2, 0.25) is 0 Å². The molecule has 5 nitrogen and oxygen atoms in total. The van der Waals surface area contributed by atoms with Crippen molar-refractivity contribution in [3.8, 4) is 5.75 Å². The van der Waals surface area contributed by atoms with Crippen molar-refractivity contribution < 1.29 is 19.7 Å². The lowest BCUT2D eigenvalue weighted by molar-refractivity contribution is -0.147. The van der Waals surface area contributed by atoms with Crippen molar-refractivity contribution in [3.63, 3.8) is 0 Å². The van der Waals surface area contributed by atoms with E-state index < -0.39 is 18.0 Å². The van der Waals surface area contributed by atoms with Crippen molar-refractivity contribution in [2.75, 3.05) is 13.7 Å². The molecule has 0 aliphatic carbocycles. The summed E-state index contributed by atoms with van der Waals surface area (Å²) in [7, 11) is 1.62. The number of rotatable bonds is 4. The fourth-order valence-corrected chi connectivity index (χ4v) is 2.46. The van der Waals surface area contributed by atoms with Crippen LogP contribution in [0, 0.1) is 5.92 Å². The Labute approximate surface area is 112 Å². The van der Waals surface area contributed by atoms with E-state index in [1.807, 2.05) is 24.3 Å². The Hall–Kier alpha value is -1.59. The second kappa shape index (κ2) is 6.04. The molecule has 1 saturated heterocycles. The first kappa shape index (κ1) is 13.8. The molecular weight excluding hydrogens is 246 g/mol. The molecule has 0 aromatic heterocycles. The number of hydrogen-bond donors (Lipinski definition) is 3. The highest BCUT2D eigenvalue weighted by Crippen LogP contribution is 2.20. The van der Waals surface area contributed by atoms with Crippen LogP contribution in [-0.4, -0.2) is 42.0 Å². The molecule has 1 aromatic carbocycles. The van der Waals surface area contributed by atoms with E-state index in [1.165, 1.54) is 0 Å². The van der Waals surface area contributed by atoms with Crippen LogP contribution in [0.25, 0.3) is 0 Å². The highest BCUT2D eigenvalue weighted by atomic mass is 16.5. The summed E-state index contributed by atoms with van der Waals surface area (Å²) in [4.78, 5) is 10.9. The van der Waals surface area contributed by atoms with Gasteiger partial charge in [-0.05, 0) is 30.5 Å². The number of hydrogen-bond acceptors (Lipinski definition) is 4. The molecule has 1 aromatic rings. The molecule has 3 N–H and O–H groups in total. The highest BCUT2D eigenvalue weighted by Gasteiger charge is 2.33. The highest BCUT2D eigenvalue weighted by molar-refractivity contribution is 5.71. The largest absolute Gasteiger partial charge is 0.497 e. The van der Waals surface area contributed by atoms with Crippen molar-refractivity contribution >= 4 is 5.97 Å². The predicted octanol–water partition coefficient (Wildman–Crippen LogP) is 0.661. The monoisotopic (exact) mass is 265 g/mol. The van der Waals surface area contributed by atoms with E-state index >= 15 is 0 Å². The molecule has 2 rings (SSSR count). The number of methoxy groups -OCH3 is 1. The molecule has 0 spiro atoms. The minimum Gasteiger partial charge on any atom is -0.497 e. The molecule has 0 bridgehead atoms. The maximum atomic E-state index is 10.9. The van der Waals surface area contributed by atoms with Crippen LogP contribution in [0.5, 0.6) is 5.75 Å². The van der Waals surface area contributed by atoms with Gasteiger partial charge in [-0.2, -0.15) is 0 Å². The van der Waals surface area contributed by atoms with Crippen molar-refractivity contribution in [2.45, 2.75) is 25.0 Å². The minimum absolute atomic E-state index is 0.0951. The Bertz CT molecular complexity index is 449. The normalized spacial score (nSPS) is 26.9. The summed E-state index contributed by atoms with van der Waals surface area (Å²) >= 11 is 0. The number of aliphatic carboxylic acids is 1. The van der Waals surface area contributed by atoms with Crippen LogP contribution in [0.3, 0.4) is 0 Å². The first-order chi connectivity index (χ1) is 9.10. The van der Waals surface area contributed by atoms with Gasteiger partial charge in [0.25, 0.3) is 0 Å². The summed E-state index contributed by atoms with van der Waals surface area (Å²) in [5.74, 6) is -0.848. The number of nitrogens with one attached hydrogen (secondary N) is 1. The maximum Gasteiger partial charge on any atom is 0.310 e. The number of benzene rings is 1. The van der Waals surface area contributed by atoms with Gasteiger partial charge in [0, 0.05) is 12.6 Å². The summed E-state index contributed by atoms with van der Waals surface area (Å²) in [5, 5.41) is 22.0. The number of aliphatic hydroxyl groups is 1. The van der Waals surface area contributed by atoms with Gasteiger partial charge in [0.05, 0.1) is 19.1 Å². The van der Waals surface area contributed by atoms with Crippen molar-refractivity contribution in [3.05, 3.63) is 29.8 Å². The lowest BCUT2D eigenvalue weighted by Gasteiger charge is -2.32. The predicted molar refractivity (Wildman–Crippen MR) is 70.2 cm³/mol. The molecule has 3 atom stereocenters. The minimum atomic E-state index is -0.945. The Morgan fingerprint density at radius 2 is 2.32 bits per heavy atom. The van der Waals surface area contributed by atoms with E-state index in [2.05, 4.69) is 5.32 Å². The number of carboxylic acid groups (broad SMARTS) is 1. The molecular formula is C14H19NO4. The summed E-state index contributed by atoms with van der Waals surface area (Å²) < 4.78 is 5.17. The quantitative estimate of drug-likeness (QED) is 0.745. The van der Waals surface area contributed by atoms with Crippen LogP contribution < -0.4 is 10.1 Å². The summed E-state index contributed by atoms with van der Waals surface area (Å²) in [6.45, 7) is 0.311. The molecule has 1 aliphatic rings. The number of carbonyl (C=O) groups is 1. The lowest BCUT2D eigenvalue weighted by Crippen LogP contribution is -2.50. The summed E-state index contributed by atoms with van der Waals surface area (Å²) in [5.41, 5.74) is 1.11. The van der Waals surface area contributed by atoms with Crippen molar-refractivity contribution in [1.82, 2.24) is 5.32 Å². The van der Waals surface area contributed by atoms with Gasteiger partial charge >= 0.3 is 5.97 Å². The molecule has 3 unspecified atom stereocenters. The summed E-state index contributed by atoms with van der Waals surface area (Å²) in [6.07, 6.45) is 0.420. The number of piperidine rings is 1. The lowest BCUT2D eigenvalue weighted by atomic mass is 9.89. The molecule has 19 heavy (non-hydrogen) atoms. The second-order valence-corrected chi connectivity index (χ2v) is 4.91. The van der Waals surface area contributed by atoms with Gasteiger partial charge in [-0.3, -0.25) is 4.79 Å². The Morgan fingerprint density at radius 1 is 1.53 bits per heavy atom. The van der Waals surface area contributed by atoms with Gasteiger partial charge in [-0.15, -0.1) is 0 Å². The van der Waals surface area contributed by atoms with Crippen molar-refractivity contribution in [1.29, 1.82) is 0 Å². The average molecular weight is 265 g/mol. The van der Waals surface area contributed by atoms with E-state index in [-0.39, 0.29) is 6.04 Å². The van der Waals surface area contributed by atoms with Crippen LogP contribution in [0.1, 0.15) is 12.0 Å². The molecule has 104 valence electrons. The van der Waals surface area contributed by atoms with E-state index in [0.29, 0.717) is 13.0 Å². The third-order valence-corrected chi connectivity index (χ3v) is 3.55. The average Bonchev–Trinajstić information content (AvgIpc) is 2.38. The van der Waals surface area contributed by atoms with Gasteiger partial charge in [-0.1, -0.05) is 12.1 Å². The first-order valence-electron chi connectivity index (χ1n) is 6.37. The zero-order chi connectivity index (χ0) is 13.8. The number of aliphatic hydroxyl groups excluding tert-OH is 1. The maximum absolute atomic E-state index is 10.9. The van der Waals surface area contributed by atoms with E-state index in [1.54, 1.807) is 7.11 Å². The van der Waals surface area contributed by atoms with Crippen LogP contribution in [0.15, 0.2) is 24.3 Å². The third-order valence-electron chi connectivity index (χ3n) is 3.55. The smallest absolute Gasteiger partial charge is 0.310 e.